The predicted molar refractivity (Wildman–Crippen MR) is 113 cm³/mol. The minimum Gasteiger partial charge on any atom is -0.444 e. The number of nitrogens with zero attached hydrogens (tertiary/aromatic N) is 3. The monoisotopic (exact) mass is 439 g/mol. The van der Waals surface area contributed by atoms with Crippen molar-refractivity contribution in [3.8, 4) is 0 Å². The quantitative estimate of drug-likeness (QED) is 0.708. The molecule has 3 rings (SSSR count). The summed E-state index contributed by atoms with van der Waals surface area (Å²) in [6.45, 7) is 8.22. The van der Waals surface area contributed by atoms with E-state index in [2.05, 4.69) is 4.98 Å². The highest BCUT2D eigenvalue weighted by molar-refractivity contribution is 7.89. The fraction of sp³-hybridized carbons (Fsp3) is 0.500. The fourth-order valence-electron chi connectivity index (χ4n) is 3.49. The molecule has 0 spiro atoms. The lowest BCUT2D eigenvalue weighted by Crippen LogP contribution is -2.45. The molecule has 2 heterocycles. The van der Waals surface area contributed by atoms with E-state index in [1.54, 1.807) is 36.2 Å². The van der Waals surface area contributed by atoms with Crippen LogP contribution in [0.25, 0.3) is 10.8 Å². The number of aromatic nitrogens is 1. The molecule has 1 amide bonds. The van der Waals surface area contributed by atoms with E-state index in [9.17, 15) is 13.2 Å². The van der Waals surface area contributed by atoms with Crippen molar-refractivity contribution in [3.05, 3.63) is 35.6 Å². The standard InChI is InChI=1S/C20H26ClN3O4S/c1-14-13-23(19(25)28-20(2,3)4)9-6-10-24(14)29(26,27)17-8-5-7-15-11-22-12-16(21)18(15)17/h5,7-8,11-12,14H,6,9-10,13H2,1-4H3/t14-/m0/s1. The summed E-state index contributed by atoms with van der Waals surface area (Å²) in [6.07, 6.45) is 3.13. The summed E-state index contributed by atoms with van der Waals surface area (Å²) >= 11 is 6.29. The average Bonchev–Trinajstić information content (AvgIpc) is 2.82. The van der Waals surface area contributed by atoms with E-state index >= 15 is 0 Å². The van der Waals surface area contributed by atoms with Crippen LogP contribution in [0.1, 0.15) is 34.1 Å². The summed E-state index contributed by atoms with van der Waals surface area (Å²) < 4.78 is 34.0. The predicted octanol–water partition coefficient (Wildman–Crippen LogP) is 3.91. The summed E-state index contributed by atoms with van der Waals surface area (Å²) in [7, 11) is -3.83. The average molecular weight is 440 g/mol. The molecule has 0 radical (unpaired) electrons. The molecule has 9 heteroatoms. The summed E-state index contributed by atoms with van der Waals surface area (Å²) in [6, 6.07) is 4.62. The maximum absolute atomic E-state index is 13.5. The van der Waals surface area contributed by atoms with Gasteiger partial charge in [-0.15, -0.1) is 0 Å². The molecule has 0 bridgehead atoms. The Labute approximate surface area is 176 Å². The van der Waals surface area contributed by atoms with Gasteiger partial charge in [0.05, 0.1) is 9.92 Å². The molecule has 0 aliphatic carbocycles. The topological polar surface area (TPSA) is 79.8 Å². The SMILES string of the molecule is C[C@H]1CN(C(=O)OC(C)(C)C)CCCN1S(=O)(=O)c1cccc2cncc(Cl)c12. The Kier molecular flexibility index (Phi) is 6.08. The first-order chi connectivity index (χ1) is 13.5. The van der Waals surface area contributed by atoms with Gasteiger partial charge in [-0.25, -0.2) is 13.2 Å². The van der Waals surface area contributed by atoms with Crippen LogP contribution in [-0.2, 0) is 14.8 Å². The molecule has 7 nitrogen and oxygen atoms in total. The molecule has 1 aliphatic heterocycles. The normalized spacial score (nSPS) is 19.2. The number of amides is 1. The number of hydrogen-bond acceptors (Lipinski definition) is 5. The number of ether oxygens (including phenoxy) is 1. The van der Waals surface area contributed by atoms with Crippen molar-refractivity contribution in [1.29, 1.82) is 0 Å². The second-order valence-electron chi connectivity index (χ2n) is 8.22. The van der Waals surface area contributed by atoms with E-state index in [1.165, 1.54) is 10.5 Å². The van der Waals surface area contributed by atoms with Gasteiger partial charge < -0.3 is 9.64 Å². The first kappa shape index (κ1) is 21.8. The van der Waals surface area contributed by atoms with Gasteiger partial charge in [0.1, 0.15) is 5.60 Å². The minimum absolute atomic E-state index is 0.153. The zero-order chi connectivity index (χ0) is 21.4. The Morgan fingerprint density at radius 3 is 2.66 bits per heavy atom. The van der Waals surface area contributed by atoms with Crippen LogP contribution in [0.4, 0.5) is 4.79 Å². The third kappa shape index (κ3) is 4.65. The number of carbonyl (C=O) groups excluding carboxylic acids is 1. The first-order valence-corrected chi connectivity index (χ1v) is 11.3. The van der Waals surface area contributed by atoms with Crippen molar-refractivity contribution in [2.75, 3.05) is 19.6 Å². The van der Waals surface area contributed by atoms with Gasteiger partial charge >= 0.3 is 6.09 Å². The van der Waals surface area contributed by atoms with Crippen LogP contribution >= 0.6 is 11.6 Å². The second-order valence-corrected chi connectivity index (χ2v) is 10.5. The van der Waals surface area contributed by atoms with Crippen LogP contribution in [0.2, 0.25) is 5.02 Å². The third-order valence-corrected chi connectivity index (χ3v) is 7.06. The zero-order valence-corrected chi connectivity index (χ0v) is 18.6. The maximum atomic E-state index is 13.5. The smallest absolute Gasteiger partial charge is 0.410 e. The fourth-order valence-corrected chi connectivity index (χ4v) is 5.71. The van der Waals surface area contributed by atoms with Crippen molar-refractivity contribution >= 4 is 38.5 Å². The van der Waals surface area contributed by atoms with Crippen molar-refractivity contribution in [1.82, 2.24) is 14.2 Å². The van der Waals surface area contributed by atoms with Gasteiger partial charge in [-0.3, -0.25) is 4.98 Å². The number of sulfonamides is 1. The Bertz CT molecular complexity index is 1010. The summed E-state index contributed by atoms with van der Waals surface area (Å²) in [4.78, 5) is 18.2. The van der Waals surface area contributed by atoms with Gasteiger partial charge in [0.25, 0.3) is 0 Å². The molecule has 1 fully saturated rings. The lowest BCUT2D eigenvalue weighted by molar-refractivity contribution is 0.0244. The van der Waals surface area contributed by atoms with E-state index in [0.29, 0.717) is 35.3 Å². The number of carbonyl (C=O) groups is 1. The molecule has 2 aromatic rings. The lowest BCUT2D eigenvalue weighted by Gasteiger charge is -2.30. The highest BCUT2D eigenvalue weighted by atomic mass is 35.5. The van der Waals surface area contributed by atoms with Gasteiger partial charge in [-0.05, 0) is 40.2 Å². The van der Waals surface area contributed by atoms with Gasteiger partial charge in [-0.1, -0.05) is 23.7 Å². The largest absolute Gasteiger partial charge is 0.444 e. The van der Waals surface area contributed by atoms with Crippen LogP contribution in [0.3, 0.4) is 0 Å². The van der Waals surface area contributed by atoms with Crippen molar-refractivity contribution < 1.29 is 17.9 Å². The molecule has 0 unspecified atom stereocenters. The Morgan fingerprint density at radius 2 is 1.97 bits per heavy atom. The Balaban J connectivity index is 1.92. The summed E-state index contributed by atoms with van der Waals surface area (Å²) in [5.74, 6) is 0. The van der Waals surface area contributed by atoms with Gasteiger partial charge in [0.15, 0.2) is 0 Å². The number of benzene rings is 1. The number of hydrogen-bond donors (Lipinski definition) is 0. The number of rotatable bonds is 2. The van der Waals surface area contributed by atoms with Crippen LogP contribution in [0.5, 0.6) is 0 Å². The second kappa shape index (κ2) is 8.08. The van der Waals surface area contributed by atoms with Crippen LogP contribution < -0.4 is 0 Å². The molecule has 29 heavy (non-hydrogen) atoms. The molecule has 1 aliphatic rings. The van der Waals surface area contributed by atoms with Gasteiger partial charge in [0, 0.05) is 48.8 Å². The van der Waals surface area contributed by atoms with Crippen LogP contribution in [0, 0.1) is 0 Å². The Hall–Kier alpha value is -1.90. The highest BCUT2D eigenvalue weighted by Crippen LogP contribution is 2.32. The molecule has 158 valence electrons. The summed E-state index contributed by atoms with van der Waals surface area (Å²) in [5.41, 5.74) is -0.605. The van der Waals surface area contributed by atoms with Crippen molar-refractivity contribution in [3.63, 3.8) is 0 Å². The van der Waals surface area contributed by atoms with Crippen LogP contribution in [-0.4, -0.2) is 60.0 Å². The number of pyridine rings is 1. The maximum Gasteiger partial charge on any atom is 0.410 e. The number of fused-ring (bicyclic) bond motifs is 1. The first-order valence-electron chi connectivity index (χ1n) is 9.53. The minimum atomic E-state index is -3.83. The van der Waals surface area contributed by atoms with Crippen LogP contribution in [0.15, 0.2) is 35.5 Å². The molecule has 1 aromatic carbocycles. The molecular weight excluding hydrogens is 414 g/mol. The molecule has 1 atom stereocenters. The molecule has 0 N–H and O–H groups in total. The van der Waals surface area contributed by atoms with Gasteiger partial charge in [-0.2, -0.15) is 4.31 Å². The molecule has 1 aromatic heterocycles. The highest BCUT2D eigenvalue weighted by Gasteiger charge is 2.35. The van der Waals surface area contributed by atoms with Gasteiger partial charge in [0.2, 0.25) is 10.0 Å². The van der Waals surface area contributed by atoms with E-state index < -0.39 is 27.8 Å². The zero-order valence-electron chi connectivity index (χ0n) is 17.1. The van der Waals surface area contributed by atoms with E-state index in [-0.39, 0.29) is 11.4 Å². The lowest BCUT2D eigenvalue weighted by atomic mass is 10.2. The van der Waals surface area contributed by atoms with Crippen molar-refractivity contribution in [2.45, 2.75) is 50.7 Å². The molecule has 1 saturated heterocycles. The molecule has 0 saturated carbocycles. The van der Waals surface area contributed by atoms with E-state index in [1.807, 2.05) is 20.8 Å². The number of halogens is 1. The summed E-state index contributed by atoms with van der Waals surface area (Å²) in [5, 5.41) is 1.42. The third-order valence-electron chi connectivity index (χ3n) is 4.72. The molecular formula is C20H26ClN3O4S. The van der Waals surface area contributed by atoms with E-state index in [0.717, 1.165) is 0 Å². The van der Waals surface area contributed by atoms with E-state index in [4.69, 9.17) is 16.3 Å². The van der Waals surface area contributed by atoms with Crippen molar-refractivity contribution in [2.24, 2.45) is 0 Å². The Morgan fingerprint density at radius 1 is 1.24 bits per heavy atom.